The number of H-pyrrole nitrogens is 1. The molecule has 3 aromatic carbocycles. The summed E-state index contributed by atoms with van der Waals surface area (Å²) in [6.07, 6.45) is 1.30. The second-order valence-corrected chi connectivity index (χ2v) is 12.9. The SMILES string of the molecule is CCCc1ccc(OC(=O)N2CCc3c([nH]c4ccc(Cl)cc34)C2c2ccc(OCC(CN(C(=O)OCCOC)C(C)C)ONC)cc2)cc1. The molecule has 0 spiro atoms. The number of aromatic nitrogens is 1. The molecule has 0 saturated carbocycles. The minimum absolute atomic E-state index is 0.122. The maximum atomic E-state index is 13.8. The van der Waals surface area contributed by atoms with Crippen molar-refractivity contribution in [3.63, 3.8) is 0 Å². The topological polar surface area (TPSA) is 115 Å². The Morgan fingerprint density at radius 3 is 2.46 bits per heavy atom. The van der Waals surface area contributed by atoms with Gasteiger partial charge in [0.05, 0.1) is 13.2 Å². The molecule has 2 unspecified atom stereocenters. The van der Waals surface area contributed by atoms with Gasteiger partial charge in [-0.2, -0.15) is 0 Å². The van der Waals surface area contributed by atoms with Gasteiger partial charge in [-0.25, -0.2) is 15.1 Å². The van der Waals surface area contributed by atoms with E-state index in [1.54, 1.807) is 24.0 Å². The van der Waals surface area contributed by atoms with E-state index >= 15 is 0 Å². The van der Waals surface area contributed by atoms with Crippen LogP contribution in [-0.4, -0.2) is 86.2 Å². The summed E-state index contributed by atoms with van der Waals surface area (Å²) in [5.41, 5.74) is 7.82. The zero-order valence-electron chi connectivity index (χ0n) is 29.4. The molecule has 2 amide bonds. The number of ether oxygens (including phenoxy) is 4. The number of rotatable bonds is 15. The van der Waals surface area contributed by atoms with E-state index in [2.05, 4.69) is 17.4 Å². The second kappa shape index (κ2) is 17.6. The number of aryl methyl sites for hydroxylation is 1. The third kappa shape index (κ3) is 9.08. The number of aromatic amines is 1. The number of hydrogen-bond acceptors (Lipinski definition) is 8. The number of fused-ring (bicyclic) bond motifs is 3. The van der Waals surface area contributed by atoms with Gasteiger partial charge in [0.15, 0.2) is 0 Å². The fourth-order valence-electron chi connectivity index (χ4n) is 6.21. The predicted molar refractivity (Wildman–Crippen MR) is 193 cm³/mol. The van der Waals surface area contributed by atoms with Crippen LogP contribution in [-0.2, 0) is 27.2 Å². The van der Waals surface area contributed by atoms with E-state index in [-0.39, 0.29) is 25.8 Å². The van der Waals surface area contributed by atoms with Crippen LogP contribution in [0.2, 0.25) is 5.02 Å². The molecule has 2 heterocycles. The highest BCUT2D eigenvalue weighted by molar-refractivity contribution is 6.31. The van der Waals surface area contributed by atoms with Crippen LogP contribution in [0.15, 0.2) is 66.7 Å². The Hall–Kier alpha value is -4.29. The maximum absolute atomic E-state index is 13.8. The fraction of sp³-hybridized carbons (Fsp3) is 0.421. The summed E-state index contributed by atoms with van der Waals surface area (Å²) in [6.45, 7) is 7.31. The van der Waals surface area contributed by atoms with Crippen molar-refractivity contribution in [1.29, 1.82) is 0 Å². The fourth-order valence-corrected chi connectivity index (χ4v) is 6.39. The van der Waals surface area contributed by atoms with Crippen LogP contribution in [0.1, 0.15) is 55.6 Å². The Balaban J connectivity index is 1.35. The van der Waals surface area contributed by atoms with Gasteiger partial charge in [-0.1, -0.05) is 49.2 Å². The molecule has 50 heavy (non-hydrogen) atoms. The molecule has 1 aliphatic rings. The lowest BCUT2D eigenvalue weighted by Gasteiger charge is -2.35. The molecule has 2 atom stereocenters. The van der Waals surface area contributed by atoms with Crippen molar-refractivity contribution in [2.75, 3.05) is 47.1 Å². The molecule has 0 radical (unpaired) electrons. The molecule has 1 aliphatic heterocycles. The van der Waals surface area contributed by atoms with Crippen LogP contribution in [0.25, 0.3) is 10.9 Å². The minimum Gasteiger partial charge on any atom is -0.491 e. The molecule has 268 valence electrons. The lowest BCUT2D eigenvalue weighted by Crippen LogP contribution is -2.46. The standard InChI is InChI=1S/C38H47ClN4O7/c1-6-7-26-8-13-30(14-9-26)49-38(45)42-19-18-32-33-22-28(39)12-17-34(33)41-35(32)36(42)27-10-15-29(16-11-27)48-24-31(50-40-4)23-43(25(2)3)37(44)47-21-20-46-5/h8-17,22,25,31,36,40-41H,6-7,18-21,23-24H2,1-5H3. The first-order valence-electron chi connectivity index (χ1n) is 17.1. The van der Waals surface area contributed by atoms with Gasteiger partial charge in [-0.05, 0) is 85.8 Å². The first-order chi connectivity index (χ1) is 24.2. The lowest BCUT2D eigenvalue weighted by molar-refractivity contribution is -0.0528. The number of hydrogen-bond donors (Lipinski definition) is 2. The monoisotopic (exact) mass is 706 g/mol. The summed E-state index contributed by atoms with van der Waals surface area (Å²) in [7, 11) is 3.21. The van der Waals surface area contributed by atoms with Crippen LogP contribution in [0.4, 0.5) is 9.59 Å². The number of nitrogens with one attached hydrogen (secondary N) is 2. The number of amides is 2. The first kappa shape index (κ1) is 37.0. The van der Waals surface area contributed by atoms with Crippen LogP contribution in [0.5, 0.6) is 11.5 Å². The first-order valence-corrected chi connectivity index (χ1v) is 17.4. The Morgan fingerprint density at radius 2 is 1.78 bits per heavy atom. The van der Waals surface area contributed by atoms with Gasteiger partial charge in [0, 0.05) is 48.4 Å². The van der Waals surface area contributed by atoms with Gasteiger partial charge < -0.3 is 28.8 Å². The van der Waals surface area contributed by atoms with Crippen LogP contribution in [0.3, 0.4) is 0 Å². The molecule has 0 aliphatic carbocycles. The highest BCUT2D eigenvalue weighted by Crippen LogP contribution is 2.40. The third-order valence-corrected chi connectivity index (χ3v) is 8.91. The second-order valence-electron chi connectivity index (χ2n) is 12.5. The van der Waals surface area contributed by atoms with Gasteiger partial charge in [-0.3, -0.25) is 9.74 Å². The molecular weight excluding hydrogens is 660 g/mol. The van der Waals surface area contributed by atoms with Crippen molar-refractivity contribution < 1.29 is 33.4 Å². The quantitative estimate of drug-likeness (QED) is 0.0977. The van der Waals surface area contributed by atoms with Gasteiger partial charge in [-0.15, -0.1) is 0 Å². The number of carbonyl (C=O) groups is 2. The molecule has 5 rings (SSSR count). The number of benzene rings is 3. The van der Waals surface area contributed by atoms with E-state index in [0.29, 0.717) is 36.1 Å². The van der Waals surface area contributed by atoms with Gasteiger partial charge in [0.2, 0.25) is 0 Å². The maximum Gasteiger partial charge on any atom is 0.416 e. The van der Waals surface area contributed by atoms with E-state index in [1.807, 2.05) is 80.6 Å². The minimum atomic E-state index is -0.488. The molecule has 0 saturated heterocycles. The number of halogens is 1. The summed E-state index contributed by atoms with van der Waals surface area (Å²) in [6, 6.07) is 20.6. The Morgan fingerprint density at radius 1 is 1.04 bits per heavy atom. The average molecular weight is 707 g/mol. The molecule has 12 heteroatoms. The van der Waals surface area contributed by atoms with E-state index in [0.717, 1.165) is 40.6 Å². The molecule has 1 aromatic heterocycles. The number of methoxy groups -OCH3 is 1. The van der Waals surface area contributed by atoms with E-state index in [9.17, 15) is 9.59 Å². The summed E-state index contributed by atoms with van der Waals surface area (Å²) < 4.78 is 22.4. The summed E-state index contributed by atoms with van der Waals surface area (Å²) in [5.74, 6) is 1.11. The van der Waals surface area contributed by atoms with Crippen molar-refractivity contribution in [3.05, 3.63) is 94.1 Å². The lowest BCUT2D eigenvalue weighted by atomic mass is 9.92. The Bertz CT molecular complexity index is 1710. The number of hydroxylamine groups is 1. The smallest absolute Gasteiger partial charge is 0.416 e. The molecule has 11 nitrogen and oxygen atoms in total. The number of nitrogens with zero attached hydrogens (tertiary/aromatic N) is 2. The van der Waals surface area contributed by atoms with Crippen LogP contribution >= 0.6 is 11.6 Å². The average Bonchev–Trinajstić information content (AvgIpc) is 3.48. The van der Waals surface area contributed by atoms with Gasteiger partial charge in [0.25, 0.3) is 0 Å². The molecule has 2 N–H and O–H groups in total. The van der Waals surface area contributed by atoms with Gasteiger partial charge >= 0.3 is 12.2 Å². The van der Waals surface area contributed by atoms with Crippen molar-refractivity contribution >= 4 is 34.7 Å². The number of carbonyl (C=O) groups excluding carboxylic acids is 2. The van der Waals surface area contributed by atoms with Gasteiger partial charge in [0.1, 0.15) is 36.9 Å². The van der Waals surface area contributed by atoms with Crippen LogP contribution < -0.4 is 15.0 Å². The van der Waals surface area contributed by atoms with Crippen molar-refractivity contribution in [2.24, 2.45) is 0 Å². The molecule has 0 fully saturated rings. The van der Waals surface area contributed by atoms with Crippen LogP contribution in [0, 0.1) is 0 Å². The summed E-state index contributed by atoms with van der Waals surface area (Å²) in [4.78, 5) is 39.1. The molecule has 4 aromatic rings. The normalized spacial score (nSPS) is 14.8. The predicted octanol–water partition coefficient (Wildman–Crippen LogP) is 7.31. The zero-order valence-corrected chi connectivity index (χ0v) is 30.1. The van der Waals surface area contributed by atoms with Crippen molar-refractivity contribution in [2.45, 2.75) is 58.2 Å². The Kier molecular flexibility index (Phi) is 13.0. The highest BCUT2D eigenvalue weighted by atomic mass is 35.5. The molecular formula is C38H47ClN4O7. The Labute approximate surface area is 298 Å². The summed E-state index contributed by atoms with van der Waals surface area (Å²) in [5, 5.41) is 1.70. The summed E-state index contributed by atoms with van der Waals surface area (Å²) >= 11 is 6.39. The highest BCUT2D eigenvalue weighted by Gasteiger charge is 2.36. The van der Waals surface area contributed by atoms with Crippen molar-refractivity contribution in [3.8, 4) is 11.5 Å². The van der Waals surface area contributed by atoms with E-state index in [1.165, 1.54) is 5.56 Å². The third-order valence-electron chi connectivity index (χ3n) is 8.68. The van der Waals surface area contributed by atoms with Crippen molar-refractivity contribution in [1.82, 2.24) is 20.3 Å². The zero-order chi connectivity index (χ0) is 35.6. The largest absolute Gasteiger partial charge is 0.491 e. The van der Waals surface area contributed by atoms with E-state index < -0.39 is 24.3 Å². The van der Waals surface area contributed by atoms with E-state index in [4.69, 9.17) is 35.4 Å². The molecule has 0 bridgehead atoms.